The maximum absolute atomic E-state index is 13.4. The monoisotopic (exact) mass is 247 g/mol. The number of halogens is 2. The summed E-state index contributed by atoms with van der Waals surface area (Å²) in [4.78, 5) is 0. The highest BCUT2D eigenvalue weighted by molar-refractivity contribution is 5.27. The minimum atomic E-state index is -0.332. The van der Waals surface area contributed by atoms with E-state index in [4.69, 9.17) is 5.73 Å². The van der Waals surface area contributed by atoms with Gasteiger partial charge in [0.1, 0.15) is 11.6 Å². The van der Waals surface area contributed by atoms with Gasteiger partial charge in [0.15, 0.2) is 0 Å². The predicted molar refractivity (Wildman–Crippen MR) is 68.2 cm³/mol. The molecule has 2 N–H and O–H groups in total. The van der Waals surface area contributed by atoms with E-state index in [1.807, 2.05) is 12.1 Å². The highest BCUT2D eigenvalue weighted by Crippen LogP contribution is 2.19. The fourth-order valence-corrected chi connectivity index (χ4v) is 1.88. The van der Waals surface area contributed by atoms with Gasteiger partial charge in [-0.05, 0) is 48.2 Å². The van der Waals surface area contributed by atoms with Crippen LogP contribution in [0.3, 0.4) is 0 Å². The Morgan fingerprint density at radius 2 is 1.89 bits per heavy atom. The van der Waals surface area contributed by atoms with Gasteiger partial charge in [0, 0.05) is 6.04 Å². The molecule has 0 fully saturated rings. The molecule has 1 atom stereocenters. The van der Waals surface area contributed by atoms with Crippen molar-refractivity contribution >= 4 is 0 Å². The van der Waals surface area contributed by atoms with Crippen LogP contribution in [-0.2, 0) is 6.42 Å². The third-order valence-electron chi connectivity index (χ3n) is 2.97. The quantitative estimate of drug-likeness (QED) is 0.882. The fourth-order valence-electron chi connectivity index (χ4n) is 1.88. The lowest BCUT2D eigenvalue weighted by Crippen LogP contribution is -2.13. The molecule has 0 aliphatic rings. The van der Waals surface area contributed by atoms with Crippen molar-refractivity contribution in [3.05, 3.63) is 70.8 Å². The molecule has 94 valence electrons. The number of benzene rings is 2. The van der Waals surface area contributed by atoms with Crippen molar-refractivity contribution in [1.29, 1.82) is 0 Å². The van der Waals surface area contributed by atoms with Gasteiger partial charge in [-0.25, -0.2) is 8.78 Å². The first-order valence-electron chi connectivity index (χ1n) is 5.82. The Labute approximate surface area is 105 Å². The second-order valence-electron chi connectivity index (χ2n) is 4.45. The standard InChI is InChI=1S/C15H15F2N/c1-10-5-6-12(9-14(10)17)15(18)8-11-3-2-4-13(16)7-11/h2-7,9,15H,8,18H2,1H3. The molecule has 0 aliphatic heterocycles. The average Bonchev–Trinajstić information content (AvgIpc) is 2.32. The third-order valence-corrected chi connectivity index (χ3v) is 2.97. The number of hydrogen-bond donors (Lipinski definition) is 1. The molecule has 2 aromatic rings. The third kappa shape index (κ3) is 2.93. The molecule has 0 saturated heterocycles. The van der Waals surface area contributed by atoms with Crippen LogP contribution in [0, 0.1) is 18.6 Å². The van der Waals surface area contributed by atoms with Gasteiger partial charge in [-0.2, -0.15) is 0 Å². The molecule has 3 heteroatoms. The van der Waals surface area contributed by atoms with E-state index in [1.165, 1.54) is 18.2 Å². The van der Waals surface area contributed by atoms with Crippen LogP contribution >= 0.6 is 0 Å². The Kier molecular flexibility index (Phi) is 3.72. The van der Waals surface area contributed by atoms with Crippen LogP contribution in [0.2, 0.25) is 0 Å². The van der Waals surface area contributed by atoms with E-state index >= 15 is 0 Å². The van der Waals surface area contributed by atoms with Gasteiger partial charge in [0.25, 0.3) is 0 Å². The Hall–Kier alpha value is -1.74. The fraction of sp³-hybridized carbons (Fsp3) is 0.200. The van der Waals surface area contributed by atoms with E-state index in [0.717, 1.165) is 11.1 Å². The van der Waals surface area contributed by atoms with Gasteiger partial charge >= 0.3 is 0 Å². The van der Waals surface area contributed by atoms with Gasteiger partial charge in [-0.15, -0.1) is 0 Å². The number of hydrogen-bond acceptors (Lipinski definition) is 1. The molecule has 0 heterocycles. The molecule has 18 heavy (non-hydrogen) atoms. The first kappa shape index (κ1) is 12.7. The molecular weight excluding hydrogens is 232 g/mol. The Morgan fingerprint density at radius 3 is 2.56 bits per heavy atom. The van der Waals surface area contributed by atoms with Crippen molar-refractivity contribution in [2.75, 3.05) is 0 Å². The van der Waals surface area contributed by atoms with E-state index in [1.54, 1.807) is 19.1 Å². The molecule has 0 aliphatic carbocycles. The van der Waals surface area contributed by atoms with Crippen LogP contribution in [0.5, 0.6) is 0 Å². The predicted octanol–water partition coefficient (Wildman–Crippen LogP) is 3.52. The minimum absolute atomic E-state index is 0.262. The average molecular weight is 247 g/mol. The first-order valence-corrected chi connectivity index (χ1v) is 5.82. The molecule has 2 rings (SSSR count). The van der Waals surface area contributed by atoms with E-state index < -0.39 is 0 Å². The Morgan fingerprint density at radius 1 is 1.11 bits per heavy atom. The van der Waals surface area contributed by atoms with E-state index in [9.17, 15) is 8.78 Å². The lowest BCUT2D eigenvalue weighted by atomic mass is 9.98. The van der Waals surface area contributed by atoms with E-state index in [-0.39, 0.29) is 17.7 Å². The summed E-state index contributed by atoms with van der Waals surface area (Å²) in [6, 6.07) is 10.9. The van der Waals surface area contributed by atoms with Crippen LogP contribution in [0.4, 0.5) is 8.78 Å². The van der Waals surface area contributed by atoms with Crippen LogP contribution in [0.25, 0.3) is 0 Å². The van der Waals surface area contributed by atoms with Crippen LogP contribution in [-0.4, -0.2) is 0 Å². The molecule has 0 aromatic heterocycles. The molecule has 1 unspecified atom stereocenters. The largest absolute Gasteiger partial charge is 0.324 e. The number of nitrogens with two attached hydrogens (primary N) is 1. The topological polar surface area (TPSA) is 26.0 Å². The smallest absolute Gasteiger partial charge is 0.126 e. The summed E-state index contributed by atoms with van der Waals surface area (Å²) in [5, 5.41) is 0. The first-order chi connectivity index (χ1) is 8.56. The summed E-state index contributed by atoms with van der Waals surface area (Å²) >= 11 is 0. The molecule has 1 nitrogen and oxygen atoms in total. The van der Waals surface area contributed by atoms with Crippen molar-refractivity contribution < 1.29 is 8.78 Å². The SMILES string of the molecule is Cc1ccc(C(N)Cc2cccc(F)c2)cc1F. The van der Waals surface area contributed by atoms with E-state index in [2.05, 4.69) is 0 Å². The summed E-state index contributed by atoms with van der Waals surface area (Å²) in [5.41, 5.74) is 8.13. The minimum Gasteiger partial charge on any atom is -0.324 e. The number of rotatable bonds is 3. The van der Waals surface area contributed by atoms with Crippen LogP contribution < -0.4 is 5.73 Å². The van der Waals surface area contributed by atoms with Crippen molar-refractivity contribution in [2.24, 2.45) is 5.73 Å². The van der Waals surface area contributed by atoms with Gasteiger partial charge < -0.3 is 5.73 Å². The molecule has 0 spiro atoms. The molecule has 0 amide bonds. The molecule has 2 aromatic carbocycles. The zero-order valence-corrected chi connectivity index (χ0v) is 10.2. The van der Waals surface area contributed by atoms with Crippen LogP contribution in [0.1, 0.15) is 22.7 Å². The second kappa shape index (κ2) is 5.27. The maximum Gasteiger partial charge on any atom is 0.126 e. The summed E-state index contributed by atoms with van der Waals surface area (Å²) in [7, 11) is 0. The molecular formula is C15H15F2N. The Balaban J connectivity index is 2.16. The summed E-state index contributed by atoms with van der Waals surface area (Å²) < 4.78 is 26.5. The van der Waals surface area contributed by atoms with Gasteiger partial charge in [-0.1, -0.05) is 24.3 Å². The lowest BCUT2D eigenvalue weighted by molar-refractivity contribution is 0.607. The van der Waals surface area contributed by atoms with Crippen molar-refractivity contribution in [1.82, 2.24) is 0 Å². The van der Waals surface area contributed by atoms with E-state index in [0.29, 0.717) is 12.0 Å². The summed E-state index contributed by atoms with van der Waals surface area (Å²) in [6.07, 6.45) is 0.486. The molecule has 0 bridgehead atoms. The zero-order valence-electron chi connectivity index (χ0n) is 10.2. The van der Waals surface area contributed by atoms with Gasteiger partial charge in [-0.3, -0.25) is 0 Å². The van der Waals surface area contributed by atoms with Crippen molar-refractivity contribution in [2.45, 2.75) is 19.4 Å². The van der Waals surface area contributed by atoms with Gasteiger partial charge in [0.05, 0.1) is 0 Å². The summed E-state index contributed by atoms with van der Waals surface area (Å²) in [5.74, 6) is -0.544. The highest BCUT2D eigenvalue weighted by atomic mass is 19.1. The maximum atomic E-state index is 13.4. The Bertz CT molecular complexity index is 552. The highest BCUT2D eigenvalue weighted by Gasteiger charge is 2.09. The normalized spacial score (nSPS) is 12.4. The van der Waals surface area contributed by atoms with Crippen molar-refractivity contribution in [3.8, 4) is 0 Å². The van der Waals surface area contributed by atoms with Crippen molar-refractivity contribution in [3.63, 3.8) is 0 Å². The van der Waals surface area contributed by atoms with Gasteiger partial charge in [0.2, 0.25) is 0 Å². The van der Waals surface area contributed by atoms with Crippen LogP contribution in [0.15, 0.2) is 42.5 Å². The second-order valence-corrected chi connectivity index (χ2v) is 4.45. The molecule has 0 radical (unpaired) electrons. The zero-order chi connectivity index (χ0) is 13.1. The number of aryl methyl sites for hydroxylation is 1. The lowest BCUT2D eigenvalue weighted by Gasteiger charge is -2.13. The molecule has 0 saturated carbocycles. The summed E-state index contributed by atoms with van der Waals surface area (Å²) in [6.45, 7) is 1.71.